The van der Waals surface area contributed by atoms with Crippen LogP contribution in [0.5, 0.6) is 5.75 Å². The van der Waals surface area contributed by atoms with Crippen molar-refractivity contribution in [3.8, 4) is 5.75 Å². The summed E-state index contributed by atoms with van der Waals surface area (Å²) >= 11 is 0. The Bertz CT molecular complexity index is 1230. The van der Waals surface area contributed by atoms with Crippen molar-refractivity contribution in [2.75, 3.05) is 17.1 Å². The van der Waals surface area contributed by atoms with Gasteiger partial charge in [-0.1, -0.05) is 39.0 Å². The summed E-state index contributed by atoms with van der Waals surface area (Å²) in [5.74, 6) is -0.585. The van der Waals surface area contributed by atoms with Gasteiger partial charge in [-0.05, 0) is 59.5 Å². The fraction of sp³-hybridized carbons (Fsp3) is 0.208. The van der Waals surface area contributed by atoms with Crippen molar-refractivity contribution in [1.29, 1.82) is 0 Å². The Morgan fingerprint density at radius 3 is 2.19 bits per heavy atom. The molecule has 3 aromatic carbocycles. The van der Waals surface area contributed by atoms with E-state index < -0.39 is 21.7 Å². The summed E-state index contributed by atoms with van der Waals surface area (Å²) in [7, 11) is -2.49. The van der Waals surface area contributed by atoms with Crippen LogP contribution in [0.15, 0.2) is 71.6 Å². The molecule has 0 saturated heterocycles. The molecule has 0 radical (unpaired) electrons. The average molecular weight is 457 g/mol. The van der Waals surface area contributed by atoms with E-state index >= 15 is 0 Å². The molecule has 0 saturated carbocycles. The van der Waals surface area contributed by atoms with Gasteiger partial charge in [0.15, 0.2) is 0 Å². The summed E-state index contributed by atoms with van der Waals surface area (Å²) in [5, 5.41) is 2.82. The number of halogens is 1. The highest BCUT2D eigenvalue weighted by Gasteiger charge is 2.19. The third kappa shape index (κ3) is 5.26. The molecule has 0 aliphatic heterocycles. The van der Waals surface area contributed by atoms with Gasteiger partial charge in [0.2, 0.25) is 0 Å². The van der Waals surface area contributed by atoms with E-state index in [9.17, 15) is 17.6 Å². The number of hydrogen-bond acceptors (Lipinski definition) is 4. The van der Waals surface area contributed by atoms with Gasteiger partial charge < -0.3 is 10.1 Å². The SMILES string of the molecule is COc1ccc(C(C)(C)C)cc1NC(=O)c1ccc(S(=O)(=O)Nc2ccccc2F)cc1. The quantitative estimate of drug-likeness (QED) is 0.535. The molecule has 0 fully saturated rings. The van der Waals surface area contributed by atoms with Crippen molar-refractivity contribution in [3.63, 3.8) is 0 Å². The number of methoxy groups -OCH3 is 1. The molecule has 0 aliphatic carbocycles. The summed E-state index contributed by atoms with van der Waals surface area (Å²) in [6.07, 6.45) is 0. The molecule has 8 heteroatoms. The molecule has 168 valence electrons. The van der Waals surface area contributed by atoms with Crippen LogP contribution in [0.4, 0.5) is 15.8 Å². The fourth-order valence-corrected chi connectivity index (χ4v) is 4.07. The lowest BCUT2D eigenvalue weighted by Gasteiger charge is -2.21. The number of rotatable bonds is 6. The topological polar surface area (TPSA) is 84.5 Å². The average Bonchev–Trinajstić information content (AvgIpc) is 2.74. The molecule has 0 unspecified atom stereocenters. The molecular formula is C24H25FN2O4S. The van der Waals surface area contributed by atoms with Crippen LogP contribution in [0.1, 0.15) is 36.7 Å². The lowest BCUT2D eigenvalue weighted by atomic mass is 9.87. The first-order valence-corrected chi connectivity index (χ1v) is 11.4. The lowest BCUT2D eigenvalue weighted by Crippen LogP contribution is -2.16. The van der Waals surface area contributed by atoms with Crippen LogP contribution < -0.4 is 14.8 Å². The van der Waals surface area contributed by atoms with E-state index in [1.807, 2.05) is 12.1 Å². The number of para-hydroxylation sites is 1. The van der Waals surface area contributed by atoms with Crippen LogP contribution >= 0.6 is 0 Å². The Morgan fingerprint density at radius 1 is 0.938 bits per heavy atom. The van der Waals surface area contributed by atoms with E-state index in [1.54, 1.807) is 6.07 Å². The highest BCUT2D eigenvalue weighted by atomic mass is 32.2. The Balaban J connectivity index is 1.81. The number of hydrogen-bond donors (Lipinski definition) is 2. The second-order valence-electron chi connectivity index (χ2n) is 8.23. The van der Waals surface area contributed by atoms with Crippen LogP contribution in [0, 0.1) is 5.82 Å². The molecule has 0 bridgehead atoms. The molecule has 32 heavy (non-hydrogen) atoms. The largest absolute Gasteiger partial charge is 0.495 e. The van der Waals surface area contributed by atoms with Crippen LogP contribution in [0.3, 0.4) is 0 Å². The zero-order chi connectivity index (χ0) is 23.5. The van der Waals surface area contributed by atoms with E-state index in [0.29, 0.717) is 11.4 Å². The molecule has 6 nitrogen and oxygen atoms in total. The van der Waals surface area contributed by atoms with Crippen molar-refractivity contribution in [2.45, 2.75) is 31.1 Å². The van der Waals surface area contributed by atoms with Gasteiger partial charge in [-0.3, -0.25) is 9.52 Å². The minimum Gasteiger partial charge on any atom is -0.495 e. The number of amides is 1. The predicted molar refractivity (Wildman–Crippen MR) is 123 cm³/mol. The number of carbonyl (C=O) groups excluding carboxylic acids is 1. The predicted octanol–water partition coefficient (Wildman–Crippen LogP) is 5.18. The van der Waals surface area contributed by atoms with Crippen LogP contribution in [0.2, 0.25) is 0 Å². The van der Waals surface area contributed by atoms with Gasteiger partial charge in [0.25, 0.3) is 15.9 Å². The highest BCUT2D eigenvalue weighted by molar-refractivity contribution is 7.92. The molecule has 0 aliphatic rings. The Morgan fingerprint density at radius 2 is 1.59 bits per heavy atom. The fourth-order valence-electron chi connectivity index (χ4n) is 3.00. The van der Waals surface area contributed by atoms with Crippen molar-refractivity contribution >= 4 is 27.3 Å². The second kappa shape index (κ2) is 9.00. The summed E-state index contributed by atoms with van der Waals surface area (Å²) in [4.78, 5) is 12.7. The first kappa shape index (κ1) is 23.3. The lowest BCUT2D eigenvalue weighted by molar-refractivity contribution is 0.102. The molecule has 0 aromatic heterocycles. The minimum absolute atomic E-state index is 0.0930. The van der Waals surface area contributed by atoms with E-state index in [2.05, 4.69) is 30.8 Å². The maximum atomic E-state index is 13.8. The number of carbonyl (C=O) groups is 1. The smallest absolute Gasteiger partial charge is 0.261 e. The summed E-state index contributed by atoms with van der Waals surface area (Å²) in [6.45, 7) is 6.19. The number of benzene rings is 3. The van der Waals surface area contributed by atoms with Gasteiger partial charge in [0.1, 0.15) is 11.6 Å². The van der Waals surface area contributed by atoms with Gasteiger partial charge in [-0.15, -0.1) is 0 Å². The van der Waals surface area contributed by atoms with Crippen molar-refractivity contribution in [1.82, 2.24) is 0 Å². The van der Waals surface area contributed by atoms with E-state index in [1.165, 1.54) is 49.6 Å². The molecule has 0 heterocycles. The number of anilines is 2. The van der Waals surface area contributed by atoms with E-state index in [4.69, 9.17) is 4.74 Å². The monoisotopic (exact) mass is 456 g/mol. The van der Waals surface area contributed by atoms with E-state index in [0.717, 1.165) is 11.6 Å². The Labute approximate surface area is 187 Å². The molecule has 3 rings (SSSR count). The molecule has 0 spiro atoms. The van der Waals surface area contributed by atoms with Gasteiger partial charge >= 0.3 is 0 Å². The zero-order valence-electron chi connectivity index (χ0n) is 18.3. The Kier molecular flexibility index (Phi) is 6.55. The third-order valence-corrected chi connectivity index (χ3v) is 6.24. The summed E-state index contributed by atoms with van der Waals surface area (Å²) in [5.41, 5.74) is 1.53. The van der Waals surface area contributed by atoms with Gasteiger partial charge in [-0.25, -0.2) is 12.8 Å². The van der Waals surface area contributed by atoms with Crippen molar-refractivity contribution in [3.05, 3.63) is 83.7 Å². The van der Waals surface area contributed by atoms with Gasteiger partial charge in [-0.2, -0.15) is 0 Å². The second-order valence-corrected chi connectivity index (χ2v) is 9.91. The highest BCUT2D eigenvalue weighted by Crippen LogP contribution is 2.31. The van der Waals surface area contributed by atoms with Crippen molar-refractivity contribution < 1.29 is 22.3 Å². The first-order valence-electron chi connectivity index (χ1n) is 9.88. The number of nitrogens with one attached hydrogen (secondary N) is 2. The van der Waals surface area contributed by atoms with Gasteiger partial charge in [0, 0.05) is 5.56 Å². The molecule has 1 amide bonds. The van der Waals surface area contributed by atoms with Crippen molar-refractivity contribution in [2.24, 2.45) is 0 Å². The third-order valence-electron chi connectivity index (χ3n) is 4.86. The molecule has 0 atom stereocenters. The zero-order valence-corrected chi connectivity index (χ0v) is 19.1. The summed E-state index contributed by atoms with van der Waals surface area (Å²) < 4.78 is 46.4. The maximum Gasteiger partial charge on any atom is 0.261 e. The normalized spacial score (nSPS) is 11.7. The maximum absolute atomic E-state index is 13.8. The van der Waals surface area contributed by atoms with Crippen LogP contribution in [0.25, 0.3) is 0 Å². The summed E-state index contributed by atoms with van der Waals surface area (Å²) in [6, 6.07) is 16.4. The standard InChI is InChI=1S/C24H25FN2O4S/c1-24(2,3)17-11-14-22(31-4)21(15-17)26-23(28)16-9-12-18(13-10-16)32(29,30)27-20-8-6-5-7-19(20)25/h5-15,27H,1-4H3,(H,26,28). The molecule has 2 N–H and O–H groups in total. The van der Waals surface area contributed by atoms with E-state index in [-0.39, 0.29) is 21.6 Å². The molecule has 3 aromatic rings. The minimum atomic E-state index is -4.01. The molecular weight excluding hydrogens is 431 g/mol. The van der Waals surface area contributed by atoms with Crippen LogP contribution in [-0.4, -0.2) is 21.4 Å². The number of ether oxygens (including phenoxy) is 1. The first-order chi connectivity index (χ1) is 15.0. The van der Waals surface area contributed by atoms with Crippen LogP contribution in [-0.2, 0) is 15.4 Å². The Hall–Kier alpha value is -3.39. The number of sulfonamides is 1. The van der Waals surface area contributed by atoms with Gasteiger partial charge in [0.05, 0.1) is 23.4 Å².